The average molecular weight is 313 g/mol. The molecule has 0 radical (unpaired) electrons. The van der Waals surface area contributed by atoms with Crippen molar-refractivity contribution in [3.63, 3.8) is 0 Å². The van der Waals surface area contributed by atoms with Crippen molar-refractivity contribution in [2.75, 3.05) is 7.11 Å². The maximum atomic E-state index is 12.6. The van der Waals surface area contributed by atoms with Crippen molar-refractivity contribution in [2.45, 2.75) is 33.4 Å². The Balaban J connectivity index is 5.02. The Bertz CT molecular complexity index is 521. The Kier molecular flexibility index (Phi) is 8.91. The van der Waals surface area contributed by atoms with E-state index < -0.39 is 11.7 Å². The highest BCUT2D eigenvalue weighted by atomic mass is 19.4. The highest BCUT2D eigenvalue weighted by Gasteiger charge is 2.31. The SMILES string of the molecule is C=C\C=C(/C=N/C=C\C=C(C)\C(OC)=C(\C)CC)C(F)(F)F. The molecule has 0 aliphatic rings. The summed E-state index contributed by atoms with van der Waals surface area (Å²) in [4.78, 5) is 3.64. The summed E-state index contributed by atoms with van der Waals surface area (Å²) in [6.45, 7) is 9.10. The van der Waals surface area contributed by atoms with Crippen LogP contribution < -0.4 is 0 Å². The lowest BCUT2D eigenvalue weighted by Gasteiger charge is -2.09. The third-order valence-corrected chi connectivity index (χ3v) is 2.84. The maximum absolute atomic E-state index is 12.6. The molecule has 0 rings (SSSR count). The van der Waals surface area contributed by atoms with E-state index in [0.717, 1.165) is 41.7 Å². The van der Waals surface area contributed by atoms with Gasteiger partial charge < -0.3 is 4.74 Å². The zero-order valence-electron chi connectivity index (χ0n) is 13.4. The van der Waals surface area contributed by atoms with Crippen LogP contribution in [0.3, 0.4) is 0 Å². The zero-order chi connectivity index (χ0) is 17.2. The number of ether oxygens (including phenoxy) is 1. The highest BCUT2D eigenvalue weighted by molar-refractivity contribution is 5.81. The molecule has 0 amide bonds. The number of nitrogens with zero attached hydrogens (tertiary/aromatic N) is 1. The second-order valence-electron chi connectivity index (χ2n) is 4.49. The van der Waals surface area contributed by atoms with Gasteiger partial charge in [0.1, 0.15) is 5.76 Å². The number of alkyl halides is 3. The number of hydrogen-bond acceptors (Lipinski definition) is 2. The normalized spacial score (nSPS) is 15.4. The van der Waals surface area contributed by atoms with Crippen molar-refractivity contribution in [3.05, 3.63) is 59.6 Å². The van der Waals surface area contributed by atoms with Crippen molar-refractivity contribution < 1.29 is 17.9 Å². The third-order valence-electron chi connectivity index (χ3n) is 2.84. The molecular formula is C17H22F3NO. The standard InChI is InChI=1S/C17H22F3NO/c1-6-9-15(17(18,19)20)12-21-11-8-10-14(4)16(22-5)13(3)7-2/h6,8-12H,1,7H2,2-5H3/b11-8-,14-10+,15-9+,16-13+,21-12+. The second-order valence-corrected chi connectivity index (χ2v) is 4.49. The molecule has 5 heteroatoms. The van der Waals surface area contributed by atoms with E-state index in [4.69, 9.17) is 4.74 Å². The van der Waals surface area contributed by atoms with Gasteiger partial charge in [-0.1, -0.05) is 25.7 Å². The van der Waals surface area contributed by atoms with Gasteiger partial charge in [-0.2, -0.15) is 13.2 Å². The van der Waals surface area contributed by atoms with Crippen LogP contribution >= 0.6 is 0 Å². The first-order valence-corrected chi connectivity index (χ1v) is 6.78. The van der Waals surface area contributed by atoms with Crippen LogP contribution in [-0.4, -0.2) is 19.5 Å². The van der Waals surface area contributed by atoms with Crippen molar-refractivity contribution in [3.8, 4) is 0 Å². The Morgan fingerprint density at radius 3 is 2.32 bits per heavy atom. The zero-order valence-corrected chi connectivity index (χ0v) is 13.4. The van der Waals surface area contributed by atoms with Gasteiger partial charge >= 0.3 is 6.18 Å². The lowest BCUT2D eigenvalue weighted by molar-refractivity contribution is -0.0855. The average Bonchev–Trinajstić information content (AvgIpc) is 2.45. The molecule has 0 fully saturated rings. The van der Waals surface area contributed by atoms with Gasteiger partial charge in [-0.05, 0) is 43.6 Å². The van der Waals surface area contributed by atoms with Gasteiger partial charge in [0.15, 0.2) is 0 Å². The molecule has 0 aliphatic heterocycles. The molecule has 0 aromatic rings. The minimum Gasteiger partial charge on any atom is -0.497 e. The summed E-state index contributed by atoms with van der Waals surface area (Å²) in [6.07, 6.45) is 3.71. The van der Waals surface area contributed by atoms with E-state index in [-0.39, 0.29) is 0 Å². The predicted molar refractivity (Wildman–Crippen MR) is 85.7 cm³/mol. The minimum atomic E-state index is -4.44. The minimum absolute atomic E-state index is 0.756. The van der Waals surface area contributed by atoms with Crippen molar-refractivity contribution in [1.82, 2.24) is 0 Å². The van der Waals surface area contributed by atoms with Crippen LogP contribution in [0.5, 0.6) is 0 Å². The molecule has 22 heavy (non-hydrogen) atoms. The molecule has 0 N–H and O–H groups in total. The van der Waals surface area contributed by atoms with Crippen LogP contribution in [0.25, 0.3) is 0 Å². The van der Waals surface area contributed by atoms with Crippen LogP contribution in [0.2, 0.25) is 0 Å². The first-order chi connectivity index (χ1) is 10.3. The van der Waals surface area contributed by atoms with Gasteiger partial charge in [0.25, 0.3) is 0 Å². The molecule has 0 saturated carbocycles. The first kappa shape index (κ1) is 20.0. The molecule has 0 aromatic heterocycles. The number of rotatable bonds is 7. The van der Waals surface area contributed by atoms with Crippen LogP contribution in [0.15, 0.2) is 64.6 Å². The van der Waals surface area contributed by atoms with Crippen LogP contribution in [0.1, 0.15) is 27.2 Å². The van der Waals surface area contributed by atoms with Crippen molar-refractivity contribution in [2.24, 2.45) is 4.99 Å². The quantitative estimate of drug-likeness (QED) is 0.344. The van der Waals surface area contributed by atoms with E-state index in [0.29, 0.717) is 0 Å². The van der Waals surface area contributed by atoms with Gasteiger partial charge in [0, 0.05) is 12.4 Å². The van der Waals surface area contributed by atoms with E-state index in [1.807, 2.05) is 20.8 Å². The molecule has 122 valence electrons. The summed E-state index contributed by atoms with van der Waals surface area (Å²) >= 11 is 0. The molecule has 0 saturated heterocycles. The van der Waals surface area contributed by atoms with Crippen molar-refractivity contribution >= 4 is 6.21 Å². The summed E-state index contributed by atoms with van der Waals surface area (Å²) in [5, 5.41) is 0. The summed E-state index contributed by atoms with van der Waals surface area (Å²) in [5.41, 5.74) is 1.12. The van der Waals surface area contributed by atoms with E-state index in [1.54, 1.807) is 19.3 Å². The van der Waals surface area contributed by atoms with Crippen molar-refractivity contribution in [1.29, 1.82) is 0 Å². The second kappa shape index (κ2) is 9.82. The topological polar surface area (TPSA) is 21.6 Å². The van der Waals surface area contributed by atoms with Crippen LogP contribution in [0.4, 0.5) is 13.2 Å². The molecule has 2 nitrogen and oxygen atoms in total. The Hall–Kier alpha value is -2.04. The Morgan fingerprint density at radius 1 is 1.23 bits per heavy atom. The fraction of sp³-hybridized carbons (Fsp3) is 0.353. The van der Waals surface area contributed by atoms with Gasteiger partial charge in [0.05, 0.1) is 12.7 Å². The highest BCUT2D eigenvalue weighted by Crippen LogP contribution is 2.24. The van der Waals surface area contributed by atoms with Gasteiger partial charge in [-0.25, -0.2) is 0 Å². The Morgan fingerprint density at radius 2 is 1.86 bits per heavy atom. The summed E-state index contributed by atoms with van der Waals surface area (Å²) in [7, 11) is 1.59. The predicted octanol–water partition coefficient (Wildman–Crippen LogP) is 5.52. The largest absolute Gasteiger partial charge is 0.497 e. The third kappa shape index (κ3) is 7.11. The van der Waals surface area contributed by atoms with E-state index in [1.165, 1.54) is 6.20 Å². The maximum Gasteiger partial charge on any atom is 0.417 e. The monoisotopic (exact) mass is 313 g/mol. The lowest BCUT2D eigenvalue weighted by atomic mass is 10.1. The van der Waals surface area contributed by atoms with E-state index >= 15 is 0 Å². The number of methoxy groups -OCH3 is 1. The first-order valence-electron chi connectivity index (χ1n) is 6.78. The van der Waals surface area contributed by atoms with Gasteiger partial charge in [-0.3, -0.25) is 4.99 Å². The molecule has 0 aromatic carbocycles. The molecule has 0 atom stereocenters. The van der Waals surface area contributed by atoms with E-state index in [9.17, 15) is 13.2 Å². The smallest absolute Gasteiger partial charge is 0.417 e. The lowest BCUT2D eigenvalue weighted by Crippen LogP contribution is -2.12. The number of aliphatic imine (C=N–C) groups is 1. The number of allylic oxidation sites excluding steroid dienone is 7. The fourth-order valence-electron chi connectivity index (χ4n) is 1.61. The number of halogens is 3. The van der Waals surface area contributed by atoms with Crippen LogP contribution in [-0.2, 0) is 4.74 Å². The number of hydrogen-bond donors (Lipinski definition) is 0. The Labute approximate surface area is 130 Å². The van der Waals surface area contributed by atoms with Gasteiger partial charge in [0.2, 0.25) is 0 Å². The molecule has 0 heterocycles. The molecule has 0 aliphatic carbocycles. The van der Waals surface area contributed by atoms with Crippen LogP contribution in [0, 0.1) is 0 Å². The van der Waals surface area contributed by atoms with Gasteiger partial charge in [-0.15, -0.1) is 0 Å². The summed E-state index contributed by atoms with van der Waals surface area (Å²) in [6, 6.07) is 0. The summed E-state index contributed by atoms with van der Waals surface area (Å²) in [5.74, 6) is 0.777. The van der Waals surface area contributed by atoms with E-state index in [2.05, 4.69) is 11.6 Å². The molecular weight excluding hydrogens is 291 g/mol. The molecule has 0 unspecified atom stereocenters. The fourth-order valence-corrected chi connectivity index (χ4v) is 1.61. The summed E-state index contributed by atoms with van der Waals surface area (Å²) < 4.78 is 43.0. The molecule has 0 spiro atoms. The molecule has 0 bridgehead atoms.